The quantitative estimate of drug-likeness (QED) is 0.452. The molecule has 8 heteroatoms. The Morgan fingerprint density at radius 1 is 1.03 bits per heavy atom. The molecule has 0 saturated heterocycles. The summed E-state index contributed by atoms with van der Waals surface area (Å²) in [6, 6.07) is 10.2. The number of rotatable bonds is 8. The summed E-state index contributed by atoms with van der Waals surface area (Å²) in [4.78, 5) is 22.9. The van der Waals surface area contributed by atoms with Crippen LogP contribution in [-0.2, 0) is 17.8 Å². The number of allylic oxidation sites excluding steroid dienone is 1. The van der Waals surface area contributed by atoms with Crippen LogP contribution < -0.4 is 16.1 Å². The van der Waals surface area contributed by atoms with Gasteiger partial charge in [0.05, 0.1) is 40.9 Å². The summed E-state index contributed by atoms with van der Waals surface area (Å²) in [7, 11) is 4.06. The molecule has 178 valence electrons. The predicted molar refractivity (Wildman–Crippen MR) is 140 cm³/mol. The molecular weight excluding hydrogens is 438 g/mol. The van der Waals surface area contributed by atoms with Crippen LogP contribution in [0.4, 0.5) is 17.1 Å². The van der Waals surface area contributed by atoms with Crippen molar-refractivity contribution in [3.8, 4) is 11.1 Å². The molecule has 3 heterocycles. The van der Waals surface area contributed by atoms with Crippen LogP contribution in [0.25, 0.3) is 11.1 Å². The van der Waals surface area contributed by atoms with Crippen LogP contribution in [0.2, 0.25) is 0 Å². The van der Waals surface area contributed by atoms with E-state index in [1.165, 1.54) is 0 Å². The van der Waals surface area contributed by atoms with Gasteiger partial charge in [-0.05, 0) is 67.9 Å². The van der Waals surface area contributed by atoms with E-state index in [0.717, 1.165) is 70.1 Å². The van der Waals surface area contributed by atoms with Crippen LogP contribution in [0, 0.1) is 5.92 Å². The van der Waals surface area contributed by atoms with Crippen molar-refractivity contribution in [2.45, 2.75) is 25.8 Å². The lowest BCUT2D eigenvalue weighted by Crippen LogP contribution is -2.19. The van der Waals surface area contributed by atoms with Crippen molar-refractivity contribution >= 4 is 28.7 Å². The second-order valence-electron chi connectivity index (χ2n) is 9.37. The van der Waals surface area contributed by atoms with Gasteiger partial charge in [0.1, 0.15) is 0 Å². The van der Waals surface area contributed by atoms with Gasteiger partial charge in [-0.3, -0.25) is 20.2 Å². The first kappa shape index (κ1) is 22.7. The minimum Gasteiger partial charge on any atom is -0.353 e. The lowest BCUT2D eigenvalue weighted by atomic mass is 9.98. The average Bonchev–Trinajstić information content (AvgIpc) is 3.69. The number of aromatic nitrogens is 2. The molecule has 35 heavy (non-hydrogen) atoms. The predicted octanol–water partition coefficient (Wildman–Crippen LogP) is 4.50. The summed E-state index contributed by atoms with van der Waals surface area (Å²) in [6.07, 6.45) is 9.73. The minimum atomic E-state index is 0.0768. The Balaban J connectivity index is 1.29. The summed E-state index contributed by atoms with van der Waals surface area (Å²) in [5.74, 6) is 0.229. The summed E-state index contributed by atoms with van der Waals surface area (Å²) in [5.41, 5.74) is 11.5. The lowest BCUT2D eigenvalue weighted by Gasteiger charge is -2.20. The van der Waals surface area contributed by atoms with Crippen molar-refractivity contribution in [3.05, 3.63) is 78.5 Å². The zero-order valence-electron chi connectivity index (χ0n) is 20.0. The van der Waals surface area contributed by atoms with Crippen molar-refractivity contribution in [1.82, 2.24) is 14.9 Å². The third-order valence-electron chi connectivity index (χ3n) is 6.00. The van der Waals surface area contributed by atoms with E-state index in [9.17, 15) is 4.79 Å². The van der Waals surface area contributed by atoms with E-state index in [1.807, 2.05) is 44.7 Å². The maximum atomic E-state index is 12.1. The molecule has 0 bridgehead atoms. The molecule has 1 aromatic carbocycles. The highest BCUT2D eigenvalue weighted by atomic mass is 16.2. The first-order chi connectivity index (χ1) is 16.9. The number of nitrogens with one attached hydrogen (secondary N) is 3. The van der Waals surface area contributed by atoms with Gasteiger partial charge in [0.25, 0.3) is 0 Å². The Hall–Kier alpha value is -4.04. The van der Waals surface area contributed by atoms with Crippen molar-refractivity contribution in [1.29, 1.82) is 0 Å². The maximum absolute atomic E-state index is 12.1. The molecule has 8 nitrogen and oxygen atoms in total. The van der Waals surface area contributed by atoms with Gasteiger partial charge >= 0.3 is 0 Å². The summed E-state index contributed by atoms with van der Waals surface area (Å²) in [6.45, 7) is 5.02. The van der Waals surface area contributed by atoms with Crippen LogP contribution in [0.1, 0.15) is 24.0 Å². The number of hydrogen-bond donors (Lipinski definition) is 3. The van der Waals surface area contributed by atoms with Gasteiger partial charge in [-0.25, -0.2) is 0 Å². The van der Waals surface area contributed by atoms with Gasteiger partial charge in [-0.2, -0.15) is 5.10 Å². The first-order valence-corrected chi connectivity index (χ1v) is 11.7. The standard InChI is InChI=1S/C27H29N7O/c1-17(30-23-8-18(12-28-14-23)16-34(2)3)26-11-21-9-20(6-7-25(21)32-33-26)22-10-24(15-29-13-22)31-27(35)19-4-5-19/h6-10,12-15,19,30,32H,1,4-5,11,16H2,2-3H3,(H,31,35). The molecule has 1 aliphatic heterocycles. The van der Waals surface area contributed by atoms with Crippen LogP contribution in [0.5, 0.6) is 0 Å². The summed E-state index contributed by atoms with van der Waals surface area (Å²) in [5, 5.41) is 10.8. The Morgan fingerprint density at radius 3 is 2.57 bits per heavy atom. The number of hydrazone groups is 1. The van der Waals surface area contributed by atoms with E-state index in [2.05, 4.69) is 54.7 Å². The molecule has 1 fully saturated rings. The third-order valence-corrected chi connectivity index (χ3v) is 6.00. The molecule has 0 radical (unpaired) electrons. The zero-order chi connectivity index (χ0) is 24.4. The molecule has 0 unspecified atom stereocenters. The Labute approximate surface area is 205 Å². The molecule has 0 spiro atoms. The van der Waals surface area contributed by atoms with Gasteiger partial charge < -0.3 is 15.5 Å². The summed E-state index contributed by atoms with van der Waals surface area (Å²) < 4.78 is 0. The number of anilines is 3. The van der Waals surface area contributed by atoms with Crippen LogP contribution in [0.15, 0.2) is 72.5 Å². The molecule has 1 amide bonds. The topological polar surface area (TPSA) is 94.5 Å². The maximum Gasteiger partial charge on any atom is 0.227 e. The fraction of sp³-hybridized carbons (Fsp3) is 0.259. The van der Waals surface area contributed by atoms with Crippen molar-refractivity contribution in [3.63, 3.8) is 0 Å². The van der Waals surface area contributed by atoms with Gasteiger partial charge in [-0.15, -0.1) is 0 Å². The second-order valence-corrected chi connectivity index (χ2v) is 9.37. The van der Waals surface area contributed by atoms with Crippen molar-refractivity contribution < 1.29 is 4.79 Å². The van der Waals surface area contributed by atoms with Crippen LogP contribution in [0.3, 0.4) is 0 Å². The first-order valence-electron chi connectivity index (χ1n) is 11.7. The average molecular weight is 468 g/mol. The van der Waals surface area contributed by atoms with Gasteiger partial charge in [0, 0.05) is 36.8 Å². The molecule has 3 aromatic rings. The molecule has 1 saturated carbocycles. The number of amides is 1. The largest absolute Gasteiger partial charge is 0.353 e. The molecule has 1 aliphatic carbocycles. The second kappa shape index (κ2) is 9.68. The molecule has 2 aromatic heterocycles. The van der Waals surface area contributed by atoms with Gasteiger partial charge in [0.15, 0.2) is 0 Å². The lowest BCUT2D eigenvalue weighted by molar-refractivity contribution is -0.117. The third kappa shape index (κ3) is 5.55. The Morgan fingerprint density at radius 2 is 1.80 bits per heavy atom. The number of carbonyl (C=O) groups is 1. The fourth-order valence-electron chi connectivity index (χ4n) is 4.06. The number of benzene rings is 1. The minimum absolute atomic E-state index is 0.0768. The highest BCUT2D eigenvalue weighted by Crippen LogP contribution is 2.32. The van der Waals surface area contributed by atoms with Crippen molar-refractivity contribution in [2.24, 2.45) is 11.0 Å². The molecular formula is C27H29N7O. The number of hydrogen-bond acceptors (Lipinski definition) is 7. The number of carbonyl (C=O) groups excluding carboxylic acids is 1. The normalized spacial score (nSPS) is 14.5. The molecule has 0 atom stereocenters. The van der Waals surface area contributed by atoms with E-state index < -0.39 is 0 Å². The highest BCUT2D eigenvalue weighted by molar-refractivity contribution is 6.05. The highest BCUT2D eigenvalue weighted by Gasteiger charge is 2.29. The van der Waals surface area contributed by atoms with E-state index in [1.54, 1.807) is 12.4 Å². The number of pyridine rings is 2. The molecule has 2 aliphatic rings. The Kier molecular flexibility index (Phi) is 6.29. The Bertz CT molecular complexity index is 1310. The smallest absolute Gasteiger partial charge is 0.227 e. The zero-order valence-corrected chi connectivity index (χ0v) is 20.0. The SMILES string of the molecule is C=C(Nc1cncc(CN(C)C)c1)C1=NNc2ccc(-c3cncc(NC(=O)C4CC4)c3)cc2C1. The van der Waals surface area contributed by atoms with E-state index in [0.29, 0.717) is 6.42 Å². The van der Waals surface area contributed by atoms with E-state index in [-0.39, 0.29) is 11.8 Å². The van der Waals surface area contributed by atoms with Crippen LogP contribution >= 0.6 is 0 Å². The summed E-state index contributed by atoms with van der Waals surface area (Å²) >= 11 is 0. The van der Waals surface area contributed by atoms with Crippen LogP contribution in [-0.4, -0.2) is 40.6 Å². The molecule has 5 rings (SSSR count). The molecule has 3 N–H and O–H groups in total. The van der Waals surface area contributed by atoms with E-state index >= 15 is 0 Å². The van der Waals surface area contributed by atoms with Gasteiger partial charge in [0.2, 0.25) is 5.91 Å². The number of fused-ring (bicyclic) bond motifs is 1. The van der Waals surface area contributed by atoms with Gasteiger partial charge in [-0.1, -0.05) is 12.6 Å². The van der Waals surface area contributed by atoms with E-state index in [4.69, 9.17) is 0 Å². The monoisotopic (exact) mass is 467 g/mol. The fourth-order valence-corrected chi connectivity index (χ4v) is 4.06. The van der Waals surface area contributed by atoms with Crippen molar-refractivity contribution in [2.75, 3.05) is 30.2 Å². The number of nitrogens with zero attached hydrogens (tertiary/aromatic N) is 4.